The Balaban J connectivity index is 2.16. The number of benzene rings is 1. The Morgan fingerprint density at radius 1 is 1.17 bits per heavy atom. The molecule has 24 heavy (non-hydrogen) atoms. The summed E-state index contributed by atoms with van der Waals surface area (Å²) >= 11 is 13.5. The number of ether oxygens (including phenoxy) is 1. The molecule has 1 fully saturated rings. The molecule has 2 atom stereocenters. The molecule has 1 aromatic rings. The molecule has 0 heterocycles. The van der Waals surface area contributed by atoms with Crippen LogP contribution in [0.1, 0.15) is 19.4 Å². The van der Waals surface area contributed by atoms with E-state index in [1.54, 1.807) is 13.8 Å². The molecule has 2 nitrogen and oxygen atoms in total. The molecule has 0 unspecified atom stereocenters. The number of esters is 1. The fourth-order valence-corrected chi connectivity index (χ4v) is 3.20. The van der Waals surface area contributed by atoms with Crippen molar-refractivity contribution in [2.75, 3.05) is 0 Å². The van der Waals surface area contributed by atoms with Crippen molar-refractivity contribution >= 4 is 45.1 Å². The molecule has 1 aromatic carbocycles. The maximum Gasteiger partial charge on any atom is 0.310 e. The lowest BCUT2D eigenvalue weighted by Gasteiger charge is -2.10. The Hall–Kier alpha value is -0.790. The minimum Gasteiger partial charge on any atom is -0.460 e. The predicted molar refractivity (Wildman–Crippen MR) is 84.3 cm³/mol. The van der Waals surface area contributed by atoms with E-state index < -0.39 is 57.2 Å². The van der Waals surface area contributed by atoms with E-state index in [0.717, 1.165) is 0 Å². The van der Waals surface area contributed by atoms with E-state index in [2.05, 4.69) is 15.9 Å². The third-order valence-electron chi connectivity index (χ3n) is 4.13. The summed E-state index contributed by atoms with van der Waals surface area (Å²) in [6.07, 6.45) is 1.47. The number of hydrogen-bond acceptors (Lipinski definition) is 2. The van der Waals surface area contributed by atoms with Crippen molar-refractivity contribution in [1.29, 1.82) is 0 Å². The van der Waals surface area contributed by atoms with Crippen molar-refractivity contribution in [2.24, 2.45) is 17.3 Å². The number of carbonyl (C=O) groups is 1. The average Bonchev–Trinajstić information content (AvgIpc) is 3.02. The molecule has 0 aromatic heterocycles. The smallest absolute Gasteiger partial charge is 0.310 e. The molecular weight excluding hydrogens is 439 g/mol. The van der Waals surface area contributed by atoms with Crippen LogP contribution in [0.15, 0.2) is 15.0 Å². The zero-order valence-electron chi connectivity index (χ0n) is 12.4. The van der Waals surface area contributed by atoms with Crippen LogP contribution in [0.5, 0.6) is 0 Å². The summed E-state index contributed by atoms with van der Waals surface area (Å²) in [5, 5.41) is 0. The second-order valence-corrected chi connectivity index (χ2v) is 7.74. The molecule has 1 saturated carbocycles. The fraction of sp³-hybridized carbons (Fsp3) is 0.400. The van der Waals surface area contributed by atoms with Gasteiger partial charge in [-0.1, -0.05) is 37.0 Å². The first-order valence-corrected chi connectivity index (χ1v) is 8.24. The summed E-state index contributed by atoms with van der Waals surface area (Å²) in [6, 6.07) is 0. The van der Waals surface area contributed by atoms with Gasteiger partial charge in [-0.2, -0.15) is 0 Å². The molecule has 0 spiro atoms. The van der Waals surface area contributed by atoms with E-state index in [4.69, 9.17) is 27.9 Å². The summed E-state index contributed by atoms with van der Waals surface area (Å²) in [7, 11) is 0. The average molecular weight is 450 g/mol. The zero-order chi connectivity index (χ0) is 18.4. The SMILES string of the molecule is CC1(C)[C@@H](C=C(Cl)Cl)[C@@H]1C(=O)OCc1c(F)c(F)c(Br)c(F)c1F. The van der Waals surface area contributed by atoms with E-state index >= 15 is 0 Å². The summed E-state index contributed by atoms with van der Waals surface area (Å²) in [6.45, 7) is 2.59. The van der Waals surface area contributed by atoms with Crippen LogP contribution in [-0.4, -0.2) is 5.97 Å². The Bertz CT molecular complexity index is 704. The molecule has 2 rings (SSSR count). The van der Waals surface area contributed by atoms with Crippen molar-refractivity contribution in [3.05, 3.63) is 43.9 Å². The van der Waals surface area contributed by atoms with Crippen LogP contribution in [-0.2, 0) is 16.1 Å². The first-order valence-electron chi connectivity index (χ1n) is 6.69. The Kier molecular flexibility index (Phi) is 5.57. The molecule has 0 N–H and O–H groups in total. The third-order valence-corrected chi connectivity index (χ3v) is 5.08. The number of allylic oxidation sites excluding steroid dienone is 1. The summed E-state index contributed by atoms with van der Waals surface area (Å²) < 4.78 is 58.2. The lowest BCUT2D eigenvalue weighted by molar-refractivity contribution is -0.147. The van der Waals surface area contributed by atoms with E-state index in [-0.39, 0.29) is 10.4 Å². The molecule has 0 aliphatic heterocycles. The van der Waals surface area contributed by atoms with Crippen LogP contribution in [0, 0.1) is 40.5 Å². The highest BCUT2D eigenvalue weighted by Gasteiger charge is 2.61. The van der Waals surface area contributed by atoms with Crippen molar-refractivity contribution < 1.29 is 27.1 Å². The molecular formula is C15H11BrCl2F4O2. The van der Waals surface area contributed by atoms with Gasteiger partial charge in [-0.05, 0) is 33.3 Å². The van der Waals surface area contributed by atoms with Crippen LogP contribution < -0.4 is 0 Å². The quantitative estimate of drug-likeness (QED) is 0.257. The van der Waals surface area contributed by atoms with Crippen LogP contribution >= 0.6 is 39.1 Å². The molecule has 0 amide bonds. The van der Waals surface area contributed by atoms with Gasteiger partial charge >= 0.3 is 5.97 Å². The summed E-state index contributed by atoms with van der Waals surface area (Å²) in [4.78, 5) is 12.1. The summed E-state index contributed by atoms with van der Waals surface area (Å²) in [5.41, 5.74) is -1.50. The maximum atomic E-state index is 13.7. The molecule has 1 aliphatic carbocycles. The monoisotopic (exact) mass is 448 g/mol. The second-order valence-electron chi connectivity index (χ2n) is 5.94. The summed E-state index contributed by atoms with van der Waals surface area (Å²) in [5.74, 6) is -8.13. The Morgan fingerprint density at radius 2 is 1.67 bits per heavy atom. The fourth-order valence-electron chi connectivity index (χ4n) is 2.58. The van der Waals surface area contributed by atoms with Gasteiger partial charge in [0.25, 0.3) is 0 Å². The van der Waals surface area contributed by atoms with E-state index in [1.165, 1.54) is 6.08 Å². The van der Waals surface area contributed by atoms with E-state index in [1.807, 2.05) is 0 Å². The lowest BCUT2D eigenvalue weighted by atomic mass is 10.1. The van der Waals surface area contributed by atoms with Crippen molar-refractivity contribution in [2.45, 2.75) is 20.5 Å². The lowest BCUT2D eigenvalue weighted by Crippen LogP contribution is -2.13. The largest absolute Gasteiger partial charge is 0.460 e. The topological polar surface area (TPSA) is 26.3 Å². The van der Waals surface area contributed by atoms with E-state index in [9.17, 15) is 22.4 Å². The molecule has 9 heteroatoms. The standard InChI is InChI=1S/C15H11BrCl2F4O2/c1-15(2)6(3-7(17)18)8(15)14(23)24-4-5-10(19)12(21)9(16)13(22)11(5)20/h3,6,8H,4H2,1-2H3/t6-,8+/m0/s1. The normalized spacial score (nSPS) is 21.4. The van der Waals surface area contributed by atoms with Gasteiger partial charge < -0.3 is 4.74 Å². The first kappa shape index (κ1) is 19.5. The highest BCUT2D eigenvalue weighted by molar-refractivity contribution is 9.10. The minimum atomic E-state index is -1.62. The zero-order valence-corrected chi connectivity index (χ0v) is 15.5. The van der Waals surface area contributed by atoms with E-state index in [0.29, 0.717) is 0 Å². The van der Waals surface area contributed by atoms with Crippen LogP contribution in [0.25, 0.3) is 0 Å². The predicted octanol–water partition coefficient (Wildman–Crippen LogP) is 5.64. The molecule has 132 valence electrons. The molecule has 0 bridgehead atoms. The third kappa shape index (κ3) is 3.44. The number of carbonyl (C=O) groups excluding carboxylic acids is 1. The molecule has 0 saturated heterocycles. The van der Waals surface area contributed by atoms with Gasteiger partial charge in [-0.15, -0.1) is 0 Å². The van der Waals surface area contributed by atoms with Gasteiger partial charge in [0.05, 0.1) is 16.0 Å². The highest BCUT2D eigenvalue weighted by atomic mass is 79.9. The minimum absolute atomic E-state index is 0.0162. The van der Waals surface area contributed by atoms with Gasteiger partial charge in [0, 0.05) is 0 Å². The van der Waals surface area contributed by atoms with Crippen molar-refractivity contribution in [3.8, 4) is 0 Å². The second kappa shape index (κ2) is 6.84. The van der Waals surface area contributed by atoms with Gasteiger partial charge in [0.15, 0.2) is 23.3 Å². The Morgan fingerprint density at radius 3 is 2.12 bits per heavy atom. The van der Waals surface area contributed by atoms with Gasteiger partial charge in [0.1, 0.15) is 11.1 Å². The first-order chi connectivity index (χ1) is 11.0. The van der Waals surface area contributed by atoms with Gasteiger partial charge in [-0.25, -0.2) is 17.6 Å². The Labute approximate surface area is 153 Å². The van der Waals surface area contributed by atoms with Crippen LogP contribution in [0.3, 0.4) is 0 Å². The van der Waals surface area contributed by atoms with Crippen LogP contribution in [0.4, 0.5) is 17.6 Å². The highest BCUT2D eigenvalue weighted by Crippen LogP contribution is 2.60. The van der Waals surface area contributed by atoms with Crippen molar-refractivity contribution in [1.82, 2.24) is 0 Å². The van der Waals surface area contributed by atoms with Gasteiger partial charge in [-0.3, -0.25) is 4.79 Å². The molecule has 1 aliphatic rings. The number of hydrogen-bond donors (Lipinski definition) is 0. The number of rotatable bonds is 4. The van der Waals surface area contributed by atoms with Crippen molar-refractivity contribution in [3.63, 3.8) is 0 Å². The van der Waals surface area contributed by atoms with Gasteiger partial charge in [0.2, 0.25) is 0 Å². The number of halogens is 7. The van der Waals surface area contributed by atoms with Crippen LogP contribution in [0.2, 0.25) is 0 Å². The molecule has 0 radical (unpaired) electrons. The maximum absolute atomic E-state index is 13.7.